The van der Waals surface area contributed by atoms with Crippen molar-refractivity contribution < 1.29 is 23.8 Å². The van der Waals surface area contributed by atoms with E-state index in [1.54, 1.807) is 97.3 Å². The van der Waals surface area contributed by atoms with E-state index >= 15 is 0 Å². The van der Waals surface area contributed by atoms with Gasteiger partial charge in [0.1, 0.15) is 11.6 Å². The summed E-state index contributed by atoms with van der Waals surface area (Å²) in [7, 11) is 3.14. The molecule has 1 N–H and O–H groups in total. The van der Waals surface area contributed by atoms with E-state index in [-0.39, 0.29) is 25.3 Å². The smallest absolute Gasteiger partial charge is 0.338 e. The van der Waals surface area contributed by atoms with E-state index in [0.717, 1.165) is 0 Å². The van der Waals surface area contributed by atoms with Crippen LogP contribution in [0.1, 0.15) is 42.5 Å². The minimum absolute atomic E-state index is 0.240. The van der Waals surface area contributed by atoms with Gasteiger partial charge in [-0.1, -0.05) is 19.1 Å². The van der Waals surface area contributed by atoms with Crippen LogP contribution < -0.4 is 15.6 Å². The molecule has 1 unspecified atom stereocenters. The number of amides is 2. The predicted octanol–water partition coefficient (Wildman–Crippen LogP) is 5.20. The first-order valence-corrected chi connectivity index (χ1v) is 13.4. The lowest BCUT2D eigenvalue weighted by molar-refractivity contribution is 0.0526. The van der Waals surface area contributed by atoms with Gasteiger partial charge in [-0.15, -0.1) is 0 Å². The van der Waals surface area contributed by atoms with Crippen LogP contribution in [-0.4, -0.2) is 60.4 Å². The van der Waals surface area contributed by atoms with Gasteiger partial charge in [0.25, 0.3) is 5.56 Å². The van der Waals surface area contributed by atoms with Crippen molar-refractivity contribution in [2.75, 3.05) is 39.3 Å². The number of hydrogen-bond acceptors (Lipinski definition) is 7. The molecule has 214 valence electrons. The number of esters is 1. The molecule has 0 radical (unpaired) electrons. The molecule has 0 aliphatic rings. The zero-order chi connectivity index (χ0) is 29.4. The van der Waals surface area contributed by atoms with E-state index in [9.17, 15) is 14.4 Å². The van der Waals surface area contributed by atoms with Gasteiger partial charge in [-0.2, -0.15) is 0 Å². The molecule has 4 rings (SSSR count). The van der Waals surface area contributed by atoms with Crippen molar-refractivity contribution in [1.82, 2.24) is 14.5 Å². The molecule has 10 heteroatoms. The summed E-state index contributed by atoms with van der Waals surface area (Å²) >= 11 is 0. The Labute approximate surface area is 238 Å². The minimum atomic E-state index is -0.580. The van der Waals surface area contributed by atoms with Crippen LogP contribution in [-0.2, 0) is 9.47 Å². The van der Waals surface area contributed by atoms with Crippen LogP contribution in [0.5, 0.6) is 5.75 Å². The normalized spacial score (nSPS) is 11.6. The van der Waals surface area contributed by atoms with Gasteiger partial charge in [-0.25, -0.2) is 14.6 Å². The zero-order valence-electron chi connectivity index (χ0n) is 23.6. The van der Waals surface area contributed by atoms with Crippen LogP contribution >= 0.6 is 0 Å². The molecule has 4 aromatic rings. The molecule has 1 atom stereocenters. The molecule has 0 saturated carbocycles. The lowest BCUT2D eigenvalue weighted by atomic mass is 10.1. The molecular formula is C31H34N4O6. The minimum Gasteiger partial charge on any atom is -0.497 e. The molecule has 0 bridgehead atoms. The number of carbonyl (C=O) groups is 2. The number of nitrogens with one attached hydrogen (secondary N) is 1. The Hall–Kier alpha value is -4.70. The van der Waals surface area contributed by atoms with Gasteiger partial charge < -0.3 is 24.4 Å². The fraction of sp³-hybridized carbons (Fsp3) is 0.290. The van der Waals surface area contributed by atoms with Gasteiger partial charge >= 0.3 is 12.0 Å². The molecule has 0 spiro atoms. The summed E-state index contributed by atoms with van der Waals surface area (Å²) in [5.41, 5.74) is 1.79. The number of urea groups is 1. The van der Waals surface area contributed by atoms with E-state index in [2.05, 4.69) is 5.32 Å². The van der Waals surface area contributed by atoms with Crippen LogP contribution in [0.3, 0.4) is 0 Å². The summed E-state index contributed by atoms with van der Waals surface area (Å²) < 4.78 is 17.2. The quantitative estimate of drug-likeness (QED) is 0.252. The van der Waals surface area contributed by atoms with E-state index in [1.807, 2.05) is 13.0 Å². The summed E-state index contributed by atoms with van der Waals surface area (Å²) in [5.74, 6) is 0.640. The third kappa shape index (κ3) is 6.55. The number of aromatic nitrogens is 2. The molecular weight excluding hydrogens is 524 g/mol. The monoisotopic (exact) mass is 558 g/mol. The summed E-state index contributed by atoms with van der Waals surface area (Å²) in [4.78, 5) is 46.1. The highest BCUT2D eigenvalue weighted by Crippen LogP contribution is 2.27. The van der Waals surface area contributed by atoms with Crippen molar-refractivity contribution >= 4 is 28.6 Å². The van der Waals surface area contributed by atoms with Crippen LogP contribution in [0, 0.1) is 0 Å². The third-order valence-electron chi connectivity index (χ3n) is 6.64. The Morgan fingerprint density at radius 1 is 0.976 bits per heavy atom. The molecule has 0 saturated heterocycles. The summed E-state index contributed by atoms with van der Waals surface area (Å²) in [6.45, 7) is 4.46. The van der Waals surface area contributed by atoms with E-state index in [1.165, 1.54) is 0 Å². The van der Waals surface area contributed by atoms with Crippen molar-refractivity contribution in [2.24, 2.45) is 0 Å². The maximum atomic E-state index is 13.9. The number of ether oxygens (including phenoxy) is 3. The third-order valence-corrected chi connectivity index (χ3v) is 6.64. The molecule has 10 nitrogen and oxygen atoms in total. The molecule has 0 aliphatic heterocycles. The second kappa shape index (κ2) is 13.6. The first-order chi connectivity index (χ1) is 19.9. The molecule has 1 aromatic heterocycles. The average molecular weight is 559 g/mol. The van der Waals surface area contributed by atoms with Gasteiger partial charge in [-0.3, -0.25) is 9.36 Å². The zero-order valence-corrected chi connectivity index (χ0v) is 23.6. The number of methoxy groups -OCH3 is 2. The van der Waals surface area contributed by atoms with Crippen LogP contribution in [0.4, 0.5) is 10.5 Å². The fourth-order valence-electron chi connectivity index (χ4n) is 4.58. The SMILES string of the molecule is CCOC(=O)c1ccc(NC(=O)N(CCOC)C(CC)c2nc3ccccc3c(=O)n2-c2ccc(OC)cc2)cc1. The Morgan fingerprint density at radius 2 is 1.68 bits per heavy atom. The molecule has 0 fully saturated rings. The Bertz CT molecular complexity index is 1550. The summed E-state index contributed by atoms with van der Waals surface area (Å²) in [5, 5.41) is 3.38. The first kappa shape index (κ1) is 29.3. The van der Waals surface area contributed by atoms with E-state index < -0.39 is 18.0 Å². The second-order valence-corrected chi connectivity index (χ2v) is 9.16. The molecule has 1 heterocycles. The maximum Gasteiger partial charge on any atom is 0.338 e. The number of anilines is 1. The topological polar surface area (TPSA) is 112 Å². The lowest BCUT2D eigenvalue weighted by Crippen LogP contribution is -2.42. The number of carbonyl (C=O) groups excluding carboxylic acids is 2. The standard InChI is InChI=1S/C31H34N4O6/c1-5-27(34(19-20-39-3)31(38)32-22-13-11-21(12-14-22)30(37)41-6-2)28-33-26-10-8-7-9-25(26)29(36)35(28)23-15-17-24(40-4)18-16-23/h7-18,27H,5-6,19-20H2,1-4H3,(H,32,38). The molecule has 2 amide bonds. The highest BCUT2D eigenvalue weighted by molar-refractivity contribution is 5.92. The maximum absolute atomic E-state index is 13.9. The summed E-state index contributed by atoms with van der Waals surface area (Å²) in [6, 6.07) is 19.8. The lowest BCUT2D eigenvalue weighted by Gasteiger charge is -2.32. The number of nitrogens with zero attached hydrogens (tertiary/aromatic N) is 3. The van der Waals surface area contributed by atoms with Gasteiger partial charge in [-0.05, 0) is 74.0 Å². The van der Waals surface area contributed by atoms with Crippen molar-refractivity contribution in [3.63, 3.8) is 0 Å². The van der Waals surface area contributed by atoms with Crippen LogP contribution in [0.25, 0.3) is 16.6 Å². The fourth-order valence-corrected chi connectivity index (χ4v) is 4.58. The highest BCUT2D eigenvalue weighted by atomic mass is 16.5. The van der Waals surface area contributed by atoms with Gasteiger partial charge in [0.15, 0.2) is 0 Å². The highest BCUT2D eigenvalue weighted by Gasteiger charge is 2.29. The van der Waals surface area contributed by atoms with E-state index in [0.29, 0.717) is 45.8 Å². The Balaban J connectivity index is 1.77. The number of hydrogen-bond donors (Lipinski definition) is 1. The molecule has 0 aliphatic carbocycles. The number of fused-ring (bicyclic) bond motifs is 1. The Morgan fingerprint density at radius 3 is 2.32 bits per heavy atom. The van der Waals surface area contributed by atoms with Crippen molar-refractivity contribution in [2.45, 2.75) is 26.3 Å². The van der Waals surface area contributed by atoms with Crippen molar-refractivity contribution in [3.05, 3.63) is 94.5 Å². The van der Waals surface area contributed by atoms with E-state index in [4.69, 9.17) is 19.2 Å². The second-order valence-electron chi connectivity index (χ2n) is 9.16. The Kier molecular flexibility index (Phi) is 9.70. The largest absolute Gasteiger partial charge is 0.497 e. The van der Waals surface area contributed by atoms with Gasteiger partial charge in [0.05, 0.1) is 48.5 Å². The van der Waals surface area contributed by atoms with Crippen LogP contribution in [0.2, 0.25) is 0 Å². The van der Waals surface area contributed by atoms with Gasteiger partial charge in [0, 0.05) is 19.3 Å². The number of benzene rings is 3. The first-order valence-electron chi connectivity index (χ1n) is 13.4. The molecule has 41 heavy (non-hydrogen) atoms. The van der Waals surface area contributed by atoms with Crippen LogP contribution in [0.15, 0.2) is 77.6 Å². The summed E-state index contributed by atoms with van der Waals surface area (Å²) in [6.07, 6.45) is 0.472. The predicted molar refractivity (Wildman–Crippen MR) is 157 cm³/mol. The molecule has 3 aromatic carbocycles. The van der Waals surface area contributed by atoms with Crippen molar-refractivity contribution in [3.8, 4) is 11.4 Å². The average Bonchev–Trinajstić information content (AvgIpc) is 3.00. The number of para-hydroxylation sites is 1. The van der Waals surface area contributed by atoms with Gasteiger partial charge in [0.2, 0.25) is 0 Å². The van der Waals surface area contributed by atoms with Crippen molar-refractivity contribution in [1.29, 1.82) is 0 Å². The number of rotatable bonds is 11.